The first-order valence-corrected chi connectivity index (χ1v) is 11.9. The minimum atomic E-state index is -2.56. The van der Waals surface area contributed by atoms with Crippen molar-refractivity contribution < 1.29 is 18.1 Å². The molecule has 0 aromatic heterocycles. The summed E-state index contributed by atoms with van der Waals surface area (Å²) in [4.78, 5) is 6.20. The highest BCUT2D eigenvalue weighted by Crippen LogP contribution is 2.47. The summed E-state index contributed by atoms with van der Waals surface area (Å²) in [6.45, 7) is 21.2. The zero-order valence-electron chi connectivity index (χ0n) is 17.8. The smallest absolute Gasteiger partial charge is 0.374 e. The molecule has 0 aliphatic carbocycles. The van der Waals surface area contributed by atoms with Crippen LogP contribution in [0, 0.1) is 11.3 Å². The van der Waals surface area contributed by atoms with Crippen LogP contribution in [-0.4, -0.2) is 52.4 Å². The first-order chi connectivity index (χ1) is 11.7. The van der Waals surface area contributed by atoms with Gasteiger partial charge in [-0.15, -0.1) is 0 Å². The largest absolute Gasteiger partial charge is 0.501 e. The summed E-state index contributed by atoms with van der Waals surface area (Å²) >= 11 is 0. The maximum Gasteiger partial charge on any atom is 0.501 e. The molecule has 1 rings (SSSR count). The molecule has 0 spiro atoms. The maximum atomic E-state index is 6.20. The van der Waals surface area contributed by atoms with Gasteiger partial charge in [0.15, 0.2) is 0 Å². The number of hydrogen-bond donors (Lipinski definition) is 0. The first kappa shape index (κ1) is 23.1. The minimum absolute atomic E-state index is 0.0128. The Hall–Kier alpha value is 0.0169. The van der Waals surface area contributed by atoms with Gasteiger partial charge in [0.2, 0.25) is 0 Å². The van der Waals surface area contributed by atoms with Gasteiger partial charge in [-0.25, -0.2) is 0 Å². The monoisotopic (exact) mass is 375 g/mol. The first-order valence-electron chi connectivity index (χ1n) is 9.99. The minimum Gasteiger partial charge on any atom is -0.374 e. The Morgan fingerprint density at radius 2 is 1.48 bits per heavy atom. The molecule has 0 amide bonds. The van der Waals surface area contributed by atoms with Crippen LogP contribution >= 0.6 is 0 Å². The van der Waals surface area contributed by atoms with Gasteiger partial charge in [0.1, 0.15) is 0 Å². The molecule has 5 nitrogen and oxygen atoms in total. The Bertz CT molecular complexity index is 373. The van der Waals surface area contributed by atoms with E-state index in [0.717, 1.165) is 19.0 Å². The lowest BCUT2D eigenvalue weighted by Gasteiger charge is -2.55. The lowest BCUT2D eigenvalue weighted by atomic mass is 9.63. The van der Waals surface area contributed by atoms with E-state index in [4.69, 9.17) is 18.1 Å². The van der Waals surface area contributed by atoms with Gasteiger partial charge < -0.3 is 13.3 Å². The Morgan fingerprint density at radius 1 is 0.960 bits per heavy atom. The van der Waals surface area contributed by atoms with Crippen molar-refractivity contribution in [2.75, 3.05) is 33.0 Å². The van der Waals surface area contributed by atoms with Crippen molar-refractivity contribution in [1.29, 1.82) is 0 Å². The molecule has 1 atom stereocenters. The number of piperidine rings is 1. The van der Waals surface area contributed by atoms with E-state index >= 15 is 0 Å². The Morgan fingerprint density at radius 3 is 1.96 bits per heavy atom. The highest BCUT2D eigenvalue weighted by molar-refractivity contribution is 6.60. The van der Waals surface area contributed by atoms with Crippen molar-refractivity contribution in [3.63, 3.8) is 0 Å². The van der Waals surface area contributed by atoms with Crippen molar-refractivity contribution in [3.05, 3.63) is 0 Å². The van der Waals surface area contributed by atoms with Gasteiger partial charge in [-0.1, -0.05) is 20.8 Å². The van der Waals surface area contributed by atoms with Crippen molar-refractivity contribution in [2.24, 2.45) is 11.3 Å². The third-order valence-corrected chi connectivity index (χ3v) is 9.32. The average Bonchev–Trinajstić information content (AvgIpc) is 2.53. The van der Waals surface area contributed by atoms with Crippen LogP contribution in [0.3, 0.4) is 0 Å². The lowest BCUT2D eigenvalue weighted by Crippen LogP contribution is -2.60. The molecule has 1 saturated heterocycles. The van der Waals surface area contributed by atoms with E-state index in [2.05, 4.69) is 39.7 Å². The van der Waals surface area contributed by atoms with Crippen LogP contribution < -0.4 is 0 Å². The standard InChI is InChI=1S/C19H41NO4Si/c1-9-22-25(23-10-2,24-11-3)16-12-15-21-20-14-13-17(4)18(5,6)19(20,7)8/h17H,9-16H2,1-8H3. The van der Waals surface area contributed by atoms with Crippen LogP contribution in [0.5, 0.6) is 0 Å². The summed E-state index contributed by atoms with van der Waals surface area (Å²) < 4.78 is 17.7. The van der Waals surface area contributed by atoms with Crippen LogP contribution in [-0.2, 0) is 18.1 Å². The van der Waals surface area contributed by atoms with Gasteiger partial charge in [-0.2, -0.15) is 5.06 Å². The highest BCUT2D eigenvalue weighted by atomic mass is 28.4. The Labute approximate surface area is 156 Å². The van der Waals surface area contributed by atoms with E-state index in [0.29, 0.717) is 32.3 Å². The van der Waals surface area contributed by atoms with Gasteiger partial charge >= 0.3 is 8.80 Å². The molecule has 150 valence electrons. The van der Waals surface area contributed by atoms with Crippen LogP contribution in [0.15, 0.2) is 0 Å². The van der Waals surface area contributed by atoms with Crippen LogP contribution in [0.2, 0.25) is 6.04 Å². The molecule has 25 heavy (non-hydrogen) atoms. The van der Waals surface area contributed by atoms with Crippen molar-refractivity contribution in [1.82, 2.24) is 5.06 Å². The van der Waals surface area contributed by atoms with Gasteiger partial charge in [0, 0.05) is 37.9 Å². The van der Waals surface area contributed by atoms with Gasteiger partial charge in [0.05, 0.1) is 6.61 Å². The van der Waals surface area contributed by atoms with E-state index < -0.39 is 8.80 Å². The Balaban J connectivity index is 2.58. The Kier molecular flexibility index (Phi) is 9.05. The van der Waals surface area contributed by atoms with Crippen LogP contribution in [0.1, 0.15) is 68.2 Å². The second kappa shape index (κ2) is 9.81. The van der Waals surface area contributed by atoms with Gasteiger partial charge in [-0.3, -0.25) is 4.84 Å². The van der Waals surface area contributed by atoms with Crippen LogP contribution in [0.4, 0.5) is 0 Å². The third kappa shape index (κ3) is 5.50. The summed E-state index contributed by atoms with van der Waals surface area (Å²) in [6, 6.07) is 0.802. The topological polar surface area (TPSA) is 40.2 Å². The molecule has 1 heterocycles. The summed E-state index contributed by atoms with van der Waals surface area (Å²) in [5.74, 6) is 0.691. The van der Waals surface area contributed by atoms with E-state index in [1.54, 1.807) is 0 Å². The number of nitrogens with zero attached hydrogens (tertiary/aromatic N) is 1. The SMILES string of the molecule is CCO[Si](CCCON1CCC(C)C(C)(C)C1(C)C)(OCC)OCC. The predicted molar refractivity (Wildman–Crippen MR) is 104 cm³/mol. The molecule has 1 fully saturated rings. The van der Waals surface area contributed by atoms with Crippen molar-refractivity contribution >= 4 is 8.80 Å². The molecule has 0 bridgehead atoms. The molecule has 1 aliphatic rings. The number of rotatable bonds is 11. The average molecular weight is 376 g/mol. The molecule has 0 saturated carbocycles. The number of hydroxylamine groups is 2. The zero-order chi connectivity index (χ0) is 19.1. The zero-order valence-corrected chi connectivity index (χ0v) is 18.8. The summed E-state index contributed by atoms with van der Waals surface area (Å²) in [5.41, 5.74) is 0.227. The molecule has 0 aromatic rings. The van der Waals surface area contributed by atoms with E-state index in [1.165, 1.54) is 6.42 Å². The predicted octanol–water partition coefficient (Wildman–Crippen LogP) is 4.50. The summed E-state index contributed by atoms with van der Waals surface area (Å²) in [6.07, 6.45) is 2.06. The fourth-order valence-corrected chi connectivity index (χ4v) is 6.15. The highest BCUT2D eigenvalue weighted by Gasteiger charge is 2.49. The van der Waals surface area contributed by atoms with E-state index in [9.17, 15) is 0 Å². The molecular weight excluding hydrogens is 334 g/mol. The third-order valence-electron chi connectivity index (χ3n) is 6.16. The van der Waals surface area contributed by atoms with Gasteiger partial charge in [0.25, 0.3) is 0 Å². The summed E-state index contributed by atoms with van der Waals surface area (Å²) in [7, 11) is -2.56. The van der Waals surface area contributed by atoms with E-state index in [-0.39, 0.29) is 11.0 Å². The second-order valence-electron chi connectivity index (χ2n) is 7.99. The molecule has 0 aromatic carbocycles. The molecule has 0 radical (unpaired) electrons. The van der Waals surface area contributed by atoms with Gasteiger partial charge in [-0.05, 0) is 58.8 Å². The molecule has 0 N–H and O–H groups in total. The molecule has 1 aliphatic heterocycles. The van der Waals surface area contributed by atoms with Crippen molar-refractivity contribution in [3.8, 4) is 0 Å². The number of hydrogen-bond acceptors (Lipinski definition) is 5. The quantitative estimate of drug-likeness (QED) is 0.393. The summed E-state index contributed by atoms with van der Waals surface area (Å²) in [5, 5.41) is 2.19. The fourth-order valence-electron chi connectivity index (χ4n) is 3.57. The van der Waals surface area contributed by atoms with Crippen LogP contribution in [0.25, 0.3) is 0 Å². The molecular formula is C19H41NO4Si. The molecule has 1 unspecified atom stereocenters. The normalized spacial score (nSPS) is 23.8. The lowest BCUT2D eigenvalue weighted by molar-refractivity contribution is -0.268. The van der Waals surface area contributed by atoms with E-state index in [1.807, 2.05) is 20.8 Å². The fraction of sp³-hybridized carbons (Fsp3) is 1.00. The maximum absolute atomic E-state index is 6.20. The second-order valence-corrected chi connectivity index (χ2v) is 10.7. The van der Waals surface area contributed by atoms with Crippen molar-refractivity contribution in [2.45, 2.75) is 79.8 Å². The molecule has 6 heteroatoms.